The lowest BCUT2D eigenvalue weighted by Crippen LogP contribution is -2.17. The fraction of sp³-hybridized carbons (Fsp3) is 0.250. The molecule has 0 amide bonds. The average molecular weight is 245 g/mol. The number of hydrogen-bond donors (Lipinski definition) is 3. The van der Waals surface area contributed by atoms with Crippen LogP contribution in [0, 0.1) is 11.3 Å². The molecule has 0 spiro atoms. The van der Waals surface area contributed by atoms with E-state index >= 15 is 0 Å². The minimum Gasteiger partial charge on any atom is -0.389 e. The van der Waals surface area contributed by atoms with Crippen molar-refractivity contribution in [2.75, 3.05) is 0 Å². The fourth-order valence-electron chi connectivity index (χ4n) is 1.73. The van der Waals surface area contributed by atoms with Crippen molar-refractivity contribution in [3.8, 4) is 6.07 Å². The summed E-state index contributed by atoms with van der Waals surface area (Å²) in [4.78, 5) is 11.4. The highest BCUT2D eigenvalue weighted by molar-refractivity contribution is 5.81. The van der Waals surface area contributed by atoms with Crippen molar-refractivity contribution in [3.05, 3.63) is 40.3 Å². The molecule has 0 radical (unpaired) electrons. The normalized spacial score (nSPS) is 14.1. The van der Waals surface area contributed by atoms with Crippen molar-refractivity contribution in [3.63, 3.8) is 0 Å². The van der Waals surface area contributed by atoms with Crippen molar-refractivity contribution in [1.29, 1.82) is 5.26 Å². The molecule has 6 heteroatoms. The number of benzene rings is 1. The Hall–Kier alpha value is -2.23. The van der Waals surface area contributed by atoms with E-state index < -0.39 is 12.2 Å². The first-order valence-electron chi connectivity index (χ1n) is 5.34. The lowest BCUT2D eigenvalue weighted by molar-refractivity contribution is 0.0217. The third kappa shape index (κ3) is 2.22. The Morgan fingerprint density at radius 2 is 2.22 bits per heavy atom. The molecule has 2 atom stereocenters. The number of nitrogens with zero attached hydrogens (tertiary/aromatic N) is 2. The maximum Gasteiger partial charge on any atom is 0.272 e. The van der Waals surface area contributed by atoms with E-state index in [-0.39, 0.29) is 12.0 Å². The maximum absolute atomic E-state index is 11.4. The van der Waals surface area contributed by atoms with Gasteiger partial charge in [-0.2, -0.15) is 10.4 Å². The first-order chi connectivity index (χ1) is 8.63. The number of aromatic nitrogens is 2. The highest BCUT2D eigenvalue weighted by atomic mass is 16.3. The summed E-state index contributed by atoms with van der Waals surface area (Å²) in [6, 6.07) is 6.45. The topological polar surface area (TPSA) is 110 Å². The van der Waals surface area contributed by atoms with Gasteiger partial charge in [0.1, 0.15) is 6.10 Å². The Labute approximate surface area is 102 Å². The van der Waals surface area contributed by atoms with Crippen molar-refractivity contribution in [2.45, 2.75) is 18.6 Å². The van der Waals surface area contributed by atoms with Gasteiger partial charge in [-0.3, -0.25) is 4.79 Å². The third-order valence-electron chi connectivity index (χ3n) is 2.70. The summed E-state index contributed by atoms with van der Waals surface area (Å²) < 4.78 is 0. The monoisotopic (exact) mass is 245 g/mol. The SMILES string of the molecule is N#CCC(O)C(O)c1ccc2c(=O)[nH]ncc2c1. The number of aliphatic hydroxyl groups is 2. The average Bonchev–Trinajstić information content (AvgIpc) is 2.38. The van der Waals surface area contributed by atoms with Gasteiger partial charge in [0.2, 0.25) is 0 Å². The van der Waals surface area contributed by atoms with Crippen LogP contribution in [0.15, 0.2) is 29.2 Å². The van der Waals surface area contributed by atoms with E-state index in [1.54, 1.807) is 24.3 Å². The van der Waals surface area contributed by atoms with Crippen molar-refractivity contribution >= 4 is 10.8 Å². The summed E-state index contributed by atoms with van der Waals surface area (Å²) in [6.07, 6.45) is -1.01. The van der Waals surface area contributed by atoms with Crippen LogP contribution < -0.4 is 5.56 Å². The lowest BCUT2D eigenvalue weighted by Gasteiger charge is -2.15. The molecule has 0 saturated heterocycles. The molecule has 18 heavy (non-hydrogen) atoms. The van der Waals surface area contributed by atoms with Crippen molar-refractivity contribution < 1.29 is 10.2 Å². The molecule has 3 N–H and O–H groups in total. The van der Waals surface area contributed by atoms with Crippen LogP contribution in [0.5, 0.6) is 0 Å². The van der Waals surface area contributed by atoms with E-state index in [0.29, 0.717) is 16.3 Å². The number of H-pyrrole nitrogens is 1. The molecule has 0 fully saturated rings. The number of aliphatic hydroxyl groups excluding tert-OH is 2. The van der Waals surface area contributed by atoms with Crippen LogP contribution in [0.4, 0.5) is 0 Å². The van der Waals surface area contributed by atoms with Gasteiger partial charge in [0, 0.05) is 5.39 Å². The lowest BCUT2D eigenvalue weighted by atomic mass is 10.0. The predicted molar refractivity (Wildman–Crippen MR) is 63.6 cm³/mol. The van der Waals surface area contributed by atoms with Gasteiger partial charge in [-0.05, 0) is 17.7 Å². The zero-order chi connectivity index (χ0) is 13.1. The molecule has 0 aliphatic carbocycles. The second-order valence-corrected chi connectivity index (χ2v) is 3.92. The molecular weight excluding hydrogens is 234 g/mol. The molecule has 92 valence electrons. The summed E-state index contributed by atoms with van der Waals surface area (Å²) in [7, 11) is 0. The first-order valence-corrected chi connectivity index (χ1v) is 5.34. The second-order valence-electron chi connectivity index (χ2n) is 3.92. The Morgan fingerprint density at radius 1 is 1.44 bits per heavy atom. The van der Waals surface area contributed by atoms with Crippen molar-refractivity contribution in [1.82, 2.24) is 10.2 Å². The summed E-state index contributed by atoms with van der Waals surface area (Å²) in [5.41, 5.74) is 0.128. The maximum atomic E-state index is 11.4. The van der Waals surface area contributed by atoms with Gasteiger partial charge < -0.3 is 10.2 Å². The molecule has 1 aromatic carbocycles. The minimum absolute atomic E-state index is 0.160. The molecule has 2 unspecified atom stereocenters. The van der Waals surface area contributed by atoms with E-state index in [9.17, 15) is 15.0 Å². The van der Waals surface area contributed by atoms with E-state index in [4.69, 9.17) is 5.26 Å². The predicted octanol–water partition coefficient (Wildman–Crippen LogP) is 0.231. The molecule has 0 saturated carbocycles. The van der Waals surface area contributed by atoms with Gasteiger partial charge in [0.15, 0.2) is 0 Å². The quantitative estimate of drug-likeness (QED) is 0.717. The number of nitrogens with one attached hydrogen (secondary N) is 1. The molecule has 2 rings (SSSR count). The number of aromatic amines is 1. The first kappa shape index (κ1) is 12.2. The van der Waals surface area contributed by atoms with Gasteiger partial charge in [0.25, 0.3) is 5.56 Å². The van der Waals surface area contributed by atoms with Gasteiger partial charge in [-0.1, -0.05) is 6.07 Å². The standard InChI is InChI=1S/C12H11N3O3/c13-4-3-10(16)11(17)7-1-2-9-8(5-7)6-14-15-12(9)18/h1-2,5-6,10-11,16-17H,3H2,(H,15,18). The number of fused-ring (bicyclic) bond motifs is 1. The largest absolute Gasteiger partial charge is 0.389 e. The molecule has 1 heterocycles. The van der Waals surface area contributed by atoms with Crippen LogP contribution in [-0.2, 0) is 0 Å². The molecule has 0 aliphatic rings. The fourth-order valence-corrected chi connectivity index (χ4v) is 1.73. The third-order valence-corrected chi connectivity index (χ3v) is 2.70. The molecule has 0 bridgehead atoms. The van der Waals surface area contributed by atoms with Crippen LogP contribution in [0.3, 0.4) is 0 Å². The number of rotatable bonds is 3. The van der Waals surface area contributed by atoms with Gasteiger partial charge in [-0.15, -0.1) is 0 Å². The number of nitriles is 1. The van der Waals surface area contributed by atoms with Crippen LogP contribution >= 0.6 is 0 Å². The molecule has 1 aromatic heterocycles. The minimum atomic E-state index is -1.16. The van der Waals surface area contributed by atoms with E-state index in [0.717, 1.165) is 0 Å². The number of hydrogen-bond acceptors (Lipinski definition) is 5. The zero-order valence-corrected chi connectivity index (χ0v) is 9.37. The Kier molecular flexibility index (Phi) is 3.37. The highest BCUT2D eigenvalue weighted by Gasteiger charge is 2.18. The summed E-state index contributed by atoms with van der Waals surface area (Å²) in [6.45, 7) is 0. The van der Waals surface area contributed by atoms with Crippen LogP contribution in [0.1, 0.15) is 18.1 Å². The summed E-state index contributed by atoms with van der Waals surface area (Å²) >= 11 is 0. The van der Waals surface area contributed by atoms with Crippen LogP contribution in [0.25, 0.3) is 10.8 Å². The zero-order valence-electron chi connectivity index (χ0n) is 9.37. The second kappa shape index (κ2) is 4.96. The summed E-state index contributed by atoms with van der Waals surface area (Å²) in [5, 5.41) is 34.8. The smallest absolute Gasteiger partial charge is 0.272 e. The molecule has 0 aliphatic heterocycles. The van der Waals surface area contributed by atoms with Gasteiger partial charge in [-0.25, -0.2) is 5.10 Å². The summed E-state index contributed by atoms with van der Waals surface area (Å²) in [5.74, 6) is 0. The Bertz CT molecular complexity index is 659. The molecule has 2 aromatic rings. The van der Waals surface area contributed by atoms with Crippen LogP contribution in [-0.4, -0.2) is 26.5 Å². The van der Waals surface area contributed by atoms with Gasteiger partial charge in [0.05, 0.1) is 30.2 Å². The van der Waals surface area contributed by atoms with E-state index in [1.165, 1.54) is 6.20 Å². The Morgan fingerprint density at radius 3 is 2.94 bits per heavy atom. The van der Waals surface area contributed by atoms with E-state index in [2.05, 4.69) is 10.2 Å². The van der Waals surface area contributed by atoms with Gasteiger partial charge >= 0.3 is 0 Å². The van der Waals surface area contributed by atoms with Crippen molar-refractivity contribution in [2.24, 2.45) is 0 Å². The van der Waals surface area contributed by atoms with E-state index in [1.807, 2.05) is 0 Å². The highest BCUT2D eigenvalue weighted by Crippen LogP contribution is 2.21. The molecular formula is C12H11N3O3. The van der Waals surface area contributed by atoms with Crippen LogP contribution in [0.2, 0.25) is 0 Å². The molecule has 6 nitrogen and oxygen atoms in total. The Balaban J connectivity index is 2.42.